The van der Waals surface area contributed by atoms with E-state index in [2.05, 4.69) is 4.98 Å². The van der Waals surface area contributed by atoms with Crippen LogP contribution in [0, 0.1) is 18.6 Å². The predicted octanol–water partition coefficient (Wildman–Crippen LogP) is 4.52. The highest BCUT2D eigenvalue weighted by atomic mass is 32.2. The maximum atomic E-state index is 13.6. The largest absolute Gasteiger partial charge is 0.250 e. The summed E-state index contributed by atoms with van der Waals surface area (Å²) >= 11 is 1.41. The number of hydrogen-bond donors (Lipinski definition) is 0. The Morgan fingerprint density at radius 3 is 2.61 bits per heavy atom. The van der Waals surface area contributed by atoms with Crippen molar-refractivity contribution in [3.8, 4) is 0 Å². The lowest BCUT2D eigenvalue weighted by Crippen LogP contribution is -1.95. The zero-order valence-electron chi connectivity index (χ0n) is 10.2. The van der Waals surface area contributed by atoms with Gasteiger partial charge in [-0.25, -0.2) is 13.8 Å². The molecule has 0 aliphatic heterocycles. The minimum Gasteiger partial charge on any atom is -0.250 e. The molecule has 0 radical (unpaired) electrons. The number of aryl methyl sites for hydroxylation is 1. The van der Waals surface area contributed by atoms with Gasteiger partial charge in [-0.2, -0.15) is 0 Å². The van der Waals surface area contributed by atoms with Crippen LogP contribution in [0.15, 0.2) is 41.6 Å². The lowest BCUT2D eigenvalue weighted by molar-refractivity contribution is 0.586. The summed E-state index contributed by atoms with van der Waals surface area (Å²) in [5.41, 5.74) is 1.44. The Morgan fingerprint density at radius 2 is 1.94 bits per heavy atom. The van der Waals surface area contributed by atoms with Gasteiger partial charge in [0.1, 0.15) is 11.6 Å². The lowest BCUT2D eigenvalue weighted by atomic mass is 10.1. The number of pyridine rings is 1. The quantitative estimate of drug-likeness (QED) is 0.757. The fourth-order valence-corrected chi connectivity index (χ4v) is 2.52. The molecule has 2 aromatic rings. The number of nitrogens with zero attached hydrogens (tertiary/aromatic N) is 1. The minimum absolute atomic E-state index is 0.184. The van der Waals surface area contributed by atoms with Crippen molar-refractivity contribution in [3.05, 3.63) is 59.3 Å². The summed E-state index contributed by atoms with van der Waals surface area (Å²) in [6, 6.07) is 7.35. The first kappa shape index (κ1) is 13.0. The Labute approximate surface area is 109 Å². The number of aromatic nitrogens is 1. The van der Waals surface area contributed by atoms with Gasteiger partial charge in [0.15, 0.2) is 0 Å². The normalized spacial score (nSPS) is 12.4. The summed E-state index contributed by atoms with van der Waals surface area (Å²) in [4.78, 5) is 4.24. The van der Waals surface area contributed by atoms with E-state index in [-0.39, 0.29) is 11.1 Å². The Balaban J connectivity index is 2.18. The molecule has 0 bridgehead atoms. The molecule has 0 saturated heterocycles. The molecule has 1 nitrogen and oxygen atoms in total. The van der Waals surface area contributed by atoms with Crippen LogP contribution in [0.25, 0.3) is 0 Å². The Kier molecular flexibility index (Phi) is 3.97. The van der Waals surface area contributed by atoms with E-state index in [0.29, 0.717) is 5.56 Å². The molecule has 0 aliphatic rings. The van der Waals surface area contributed by atoms with Crippen molar-refractivity contribution in [1.82, 2.24) is 4.98 Å². The molecule has 1 heterocycles. The van der Waals surface area contributed by atoms with E-state index in [1.165, 1.54) is 17.8 Å². The van der Waals surface area contributed by atoms with Gasteiger partial charge in [-0.1, -0.05) is 17.8 Å². The van der Waals surface area contributed by atoms with Crippen LogP contribution < -0.4 is 0 Å². The molecule has 94 valence electrons. The van der Waals surface area contributed by atoms with Crippen LogP contribution in [0.1, 0.15) is 23.3 Å². The summed E-state index contributed by atoms with van der Waals surface area (Å²) in [5.74, 6) is -0.806. The summed E-state index contributed by atoms with van der Waals surface area (Å²) in [6.07, 6.45) is 1.76. The third-order valence-corrected chi connectivity index (χ3v) is 3.67. The van der Waals surface area contributed by atoms with Crippen LogP contribution in [0.2, 0.25) is 0 Å². The second-order valence-electron chi connectivity index (χ2n) is 4.10. The monoisotopic (exact) mass is 265 g/mol. The van der Waals surface area contributed by atoms with Crippen LogP contribution in [0.5, 0.6) is 0 Å². The van der Waals surface area contributed by atoms with Gasteiger partial charge in [0, 0.05) is 17.0 Å². The minimum atomic E-state index is -0.421. The first-order valence-corrected chi connectivity index (χ1v) is 6.48. The average molecular weight is 265 g/mol. The highest BCUT2D eigenvalue weighted by Crippen LogP contribution is 2.35. The molecule has 1 aromatic carbocycles. The number of hydrogen-bond acceptors (Lipinski definition) is 2. The summed E-state index contributed by atoms with van der Waals surface area (Å²) in [5, 5.41) is 0.618. The highest BCUT2D eigenvalue weighted by molar-refractivity contribution is 7.99. The first-order chi connectivity index (χ1) is 8.56. The highest BCUT2D eigenvalue weighted by Gasteiger charge is 2.13. The maximum absolute atomic E-state index is 13.6. The van der Waals surface area contributed by atoms with Crippen molar-refractivity contribution >= 4 is 11.8 Å². The number of rotatable bonds is 3. The van der Waals surface area contributed by atoms with Crippen molar-refractivity contribution in [2.24, 2.45) is 0 Å². The van der Waals surface area contributed by atoms with Crippen molar-refractivity contribution in [2.45, 2.75) is 24.1 Å². The van der Waals surface area contributed by atoms with E-state index in [1.54, 1.807) is 6.20 Å². The van der Waals surface area contributed by atoms with Gasteiger partial charge < -0.3 is 0 Å². The zero-order chi connectivity index (χ0) is 13.1. The Hall–Kier alpha value is -1.42. The Morgan fingerprint density at radius 1 is 1.17 bits per heavy atom. The van der Waals surface area contributed by atoms with Gasteiger partial charge in [0.05, 0.1) is 5.03 Å². The predicted molar refractivity (Wildman–Crippen MR) is 69.6 cm³/mol. The van der Waals surface area contributed by atoms with Crippen LogP contribution in [-0.4, -0.2) is 4.98 Å². The zero-order valence-corrected chi connectivity index (χ0v) is 11.0. The molecule has 0 amide bonds. The van der Waals surface area contributed by atoms with E-state index in [4.69, 9.17) is 0 Å². The summed E-state index contributed by atoms with van der Waals surface area (Å²) in [7, 11) is 0. The van der Waals surface area contributed by atoms with Crippen molar-refractivity contribution in [1.29, 1.82) is 0 Å². The molecule has 0 spiro atoms. The van der Waals surface area contributed by atoms with Crippen LogP contribution in [-0.2, 0) is 0 Å². The fraction of sp³-hybridized carbons (Fsp3) is 0.214. The van der Waals surface area contributed by atoms with Gasteiger partial charge in [-0.05, 0) is 43.7 Å². The van der Waals surface area contributed by atoms with Gasteiger partial charge in [-0.3, -0.25) is 0 Å². The van der Waals surface area contributed by atoms with Gasteiger partial charge in [-0.15, -0.1) is 0 Å². The third-order valence-electron chi connectivity index (χ3n) is 2.58. The topological polar surface area (TPSA) is 12.9 Å². The number of thioether (sulfide) groups is 1. The third kappa shape index (κ3) is 3.07. The van der Waals surface area contributed by atoms with E-state index < -0.39 is 5.82 Å². The molecule has 1 unspecified atom stereocenters. The number of benzene rings is 1. The van der Waals surface area contributed by atoms with Gasteiger partial charge in [0.25, 0.3) is 0 Å². The molecular formula is C14H13F2NS. The summed E-state index contributed by atoms with van der Waals surface area (Å²) < 4.78 is 26.7. The van der Waals surface area contributed by atoms with Crippen molar-refractivity contribution in [2.75, 3.05) is 0 Å². The fourth-order valence-electron chi connectivity index (χ4n) is 1.59. The maximum Gasteiger partial charge on any atom is 0.127 e. The van der Waals surface area contributed by atoms with E-state index >= 15 is 0 Å². The van der Waals surface area contributed by atoms with Crippen LogP contribution in [0.4, 0.5) is 8.78 Å². The molecule has 1 atom stereocenters. The molecule has 2 rings (SSSR count). The van der Waals surface area contributed by atoms with E-state index in [9.17, 15) is 8.78 Å². The summed E-state index contributed by atoms with van der Waals surface area (Å²) in [6.45, 7) is 3.79. The van der Waals surface area contributed by atoms with Crippen molar-refractivity contribution < 1.29 is 8.78 Å². The number of halogens is 2. The average Bonchev–Trinajstić information content (AvgIpc) is 2.35. The second-order valence-corrected chi connectivity index (χ2v) is 5.46. The van der Waals surface area contributed by atoms with Crippen LogP contribution >= 0.6 is 11.8 Å². The standard InChI is InChI=1S/C14H13F2NS/c1-9-3-6-14(17-8-9)18-10(2)12-7-11(15)4-5-13(12)16/h3-8,10H,1-2H3. The first-order valence-electron chi connectivity index (χ1n) is 5.60. The van der Waals surface area contributed by atoms with Gasteiger partial charge in [0.2, 0.25) is 0 Å². The molecule has 4 heteroatoms. The van der Waals surface area contributed by atoms with Crippen LogP contribution in [0.3, 0.4) is 0 Å². The smallest absolute Gasteiger partial charge is 0.127 e. The van der Waals surface area contributed by atoms with Crippen molar-refractivity contribution in [3.63, 3.8) is 0 Å². The SMILES string of the molecule is Cc1ccc(SC(C)c2cc(F)ccc2F)nc1. The molecule has 0 N–H and O–H groups in total. The molecule has 18 heavy (non-hydrogen) atoms. The molecule has 1 aromatic heterocycles. The van der Waals surface area contributed by atoms with E-state index in [0.717, 1.165) is 22.7 Å². The Bertz CT molecular complexity index is 540. The molecule has 0 aliphatic carbocycles. The molecular weight excluding hydrogens is 252 g/mol. The van der Waals surface area contributed by atoms with Gasteiger partial charge >= 0.3 is 0 Å². The van der Waals surface area contributed by atoms with E-state index in [1.807, 2.05) is 26.0 Å². The lowest BCUT2D eigenvalue weighted by Gasteiger charge is -2.12. The molecule has 0 saturated carbocycles. The molecule has 0 fully saturated rings. The second kappa shape index (κ2) is 5.48.